The van der Waals surface area contributed by atoms with E-state index < -0.39 is 17.9 Å². The van der Waals surface area contributed by atoms with Crippen LogP contribution in [0.5, 0.6) is 0 Å². The fourth-order valence-electron chi connectivity index (χ4n) is 1.46. The summed E-state index contributed by atoms with van der Waals surface area (Å²) in [6.07, 6.45) is 0.317. The van der Waals surface area contributed by atoms with Crippen LogP contribution in [-0.4, -0.2) is 53.7 Å². The van der Waals surface area contributed by atoms with E-state index in [0.29, 0.717) is 6.54 Å². The molecule has 0 radical (unpaired) electrons. The molecule has 0 fully saturated rings. The van der Waals surface area contributed by atoms with Gasteiger partial charge in [0, 0.05) is 27.1 Å². The average molecular weight is 217 g/mol. The number of aliphatic carboxylic acids is 1. The maximum absolute atomic E-state index is 11.0. The minimum Gasteiger partial charge on any atom is -0.480 e. The molecule has 0 bridgehead atoms. The highest BCUT2D eigenvalue weighted by Gasteiger charge is 2.26. The number of carbonyl (C=O) groups excluding carboxylic acids is 1. The number of nitrogens with two attached hydrogens (primary N) is 1. The maximum atomic E-state index is 11.0. The molecule has 0 spiro atoms. The lowest BCUT2D eigenvalue weighted by Gasteiger charge is -2.32. The summed E-state index contributed by atoms with van der Waals surface area (Å²) in [5.74, 6) is -1.41. The Morgan fingerprint density at radius 2 is 1.93 bits per heavy atom. The molecule has 1 amide bonds. The molecule has 0 aliphatic rings. The van der Waals surface area contributed by atoms with E-state index in [1.165, 1.54) is 0 Å². The summed E-state index contributed by atoms with van der Waals surface area (Å²) in [7, 11) is 3.54. The number of carboxylic acid groups (broad SMARTS) is 1. The normalized spacial score (nSPS) is 13.1. The predicted octanol–water partition coefficient (Wildman–Crippen LogP) is -0.496. The zero-order valence-corrected chi connectivity index (χ0v) is 9.43. The first-order valence-electron chi connectivity index (χ1n) is 4.85. The molecule has 0 aromatic rings. The molecule has 15 heavy (non-hydrogen) atoms. The summed E-state index contributed by atoms with van der Waals surface area (Å²) in [4.78, 5) is 21.6. The van der Waals surface area contributed by atoms with E-state index in [1.807, 2.05) is 6.92 Å². The summed E-state index contributed by atoms with van der Waals surface area (Å²) >= 11 is 0. The highest BCUT2D eigenvalue weighted by molar-refractivity contribution is 5.77. The van der Waals surface area contributed by atoms with Gasteiger partial charge in [-0.3, -0.25) is 9.59 Å². The minimum atomic E-state index is -0.938. The van der Waals surface area contributed by atoms with E-state index in [-0.39, 0.29) is 12.8 Å². The Morgan fingerprint density at radius 3 is 2.20 bits per heavy atom. The number of rotatable bonds is 7. The third-order valence-electron chi connectivity index (χ3n) is 2.15. The van der Waals surface area contributed by atoms with Crippen molar-refractivity contribution < 1.29 is 14.7 Å². The molecule has 0 heterocycles. The molecule has 6 heteroatoms. The Bertz CT molecular complexity index is 231. The zero-order valence-electron chi connectivity index (χ0n) is 9.43. The van der Waals surface area contributed by atoms with Crippen molar-refractivity contribution in [2.45, 2.75) is 25.8 Å². The fourth-order valence-corrected chi connectivity index (χ4v) is 1.46. The Balaban J connectivity index is 4.48. The number of hydrogen-bond donors (Lipinski definition) is 2. The molecule has 3 N–H and O–H groups in total. The lowest BCUT2D eigenvalue weighted by Crippen LogP contribution is -2.48. The molecule has 0 saturated heterocycles. The average Bonchev–Trinajstić information content (AvgIpc) is 2.10. The summed E-state index contributed by atoms with van der Waals surface area (Å²) in [5.41, 5.74) is 4.99. The van der Waals surface area contributed by atoms with Crippen molar-refractivity contribution in [3.8, 4) is 0 Å². The smallest absolute Gasteiger partial charge is 0.322 e. The van der Waals surface area contributed by atoms with Crippen LogP contribution in [0.3, 0.4) is 0 Å². The van der Waals surface area contributed by atoms with Crippen molar-refractivity contribution in [3.05, 3.63) is 0 Å². The molecular weight excluding hydrogens is 198 g/mol. The highest BCUT2D eigenvalue weighted by atomic mass is 16.4. The second-order valence-corrected chi connectivity index (χ2v) is 3.46. The largest absolute Gasteiger partial charge is 0.480 e. The Kier molecular flexibility index (Phi) is 5.88. The standard InChI is InChI=1S/C9H19N3O3/c1-4-12(11(2)3)7(9(14)15)5-6-8(10)13/h7H,4-6H2,1-3H3,(H2,10,13)(H,14,15)/t7-/m0/s1. The first kappa shape index (κ1) is 13.9. The van der Waals surface area contributed by atoms with E-state index >= 15 is 0 Å². The van der Waals surface area contributed by atoms with Crippen molar-refractivity contribution in [2.75, 3.05) is 20.6 Å². The minimum absolute atomic E-state index is 0.0846. The third-order valence-corrected chi connectivity index (χ3v) is 2.15. The van der Waals surface area contributed by atoms with Gasteiger partial charge in [0.15, 0.2) is 0 Å². The van der Waals surface area contributed by atoms with E-state index in [1.54, 1.807) is 24.1 Å². The van der Waals surface area contributed by atoms with Crippen LogP contribution in [0.1, 0.15) is 19.8 Å². The first-order valence-corrected chi connectivity index (χ1v) is 4.85. The molecule has 0 aliphatic carbocycles. The second-order valence-electron chi connectivity index (χ2n) is 3.46. The van der Waals surface area contributed by atoms with Gasteiger partial charge in [-0.1, -0.05) is 6.92 Å². The van der Waals surface area contributed by atoms with E-state index in [0.717, 1.165) is 0 Å². The molecule has 6 nitrogen and oxygen atoms in total. The van der Waals surface area contributed by atoms with Crippen molar-refractivity contribution in [1.29, 1.82) is 0 Å². The van der Waals surface area contributed by atoms with Crippen molar-refractivity contribution in [2.24, 2.45) is 5.73 Å². The van der Waals surface area contributed by atoms with Gasteiger partial charge in [-0.05, 0) is 6.42 Å². The SMILES string of the molecule is CCN([C@@H](CCC(N)=O)C(=O)O)N(C)C. The van der Waals surface area contributed by atoms with Crippen LogP contribution in [0.15, 0.2) is 0 Å². The van der Waals surface area contributed by atoms with Crippen molar-refractivity contribution >= 4 is 11.9 Å². The van der Waals surface area contributed by atoms with Gasteiger partial charge in [-0.25, -0.2) is 10.0 Å². The van der Waals surface area contributed by atoms with Crippen molar-refractivity contribution in [1.82, 2.24) is 10.0 Å². The third kappa shape index (κ3) is 4.75. The molecule has 0 aromatic heterocycles. The van der Waals surface area contributed by atoms with Gasteiger partial charge in [-0.2, -0.15) is 0 Å². The van der Waals surface area contributed by atoms with Crippen LogP contribution in [0.25, 0.3) is 0 Å². The molecule has 0 unspecified atom stereocenters. The van der Waals surface area contributed by atoms with Crippen LogP contribution >= 0.6 is 0 Å². The maximum Gasteiger partial charge on any atom is 0.322 e. The Labute approximate surface area is 89.6 Å². The summed E-state index contributed by atoms with van der Waals surface area (Å²) < 4.78 is 0. The van der Waals surface area contributed by atoms with E-state index in [2.05, 4.69) is 0 Å². The van der Waals surface area contributed by atoms with Gasteiger partial charge in [0.25, 0.3) is 0 Å². The van der Waals surface area contributed by atoms with E-state index in [9.17, 15) is 9.59 Å². The van der Waals surface area contributed by atoms with Gasteiger partial charge in [0.1, 0.15) is 6.04 Å². The number of nitrogens with zero attached hydrogens (tertiary/aromatic N) is 2. The van der Waals surface area contributed by atoms with Crippen molar-refractivity contribution in [3.63, 3.8) is 0 Å². The summed E-state index contributed by atoms with van der Waals surface area (Å²) in [6.45, 7) is 2.43. The van der Waals surface area contributed by atoms with Gasteiger partial charge >= 0.3 is 5.97 Å². The van der Waals surface area contributed by atoms with Crippen LogP contribution in [0.2, 0.25) is 0 Å². The molecule has 0 aliphatic heterocycles. The number of amides is 1. The number of hydrogen-bond acceptors (Lipinski definition) is 4. The molecule has 0 rings (SSSR count). The zero-order chi connectivity index (χ0) is 12.0. The monoisotopic (exact) mass is 217 g/mol. The number of carboxylic acids is 1. The summed E-state index contributed by atoms with van der Waals surface area (Å²) in [6, 6.07) is -0.697. The van der Waals surface area contributed by atoms with Gasteiger partial charge in [-0.15, -0.1) is 0 Å². The van der Waals surface area contributed by atoms with Gasteiger partial charge in [0.2, 0.25) is 5.91 Å². The first-order chi connectivity index (χ1) is 6.90. The van der Waals surface area contributed by atoms with E-state index in [4.69, 9.17) is 10.8 Å². The lowest BCUT2D eigenvalue weighted by atomic mass is 10.1. The van der Waals surface area contributed by atoms with Gasteiger partial charge in [0.05, 0.1) is 0 Å². The Morgan fingerprint density at radius 1 is 1.40 bits per heavy atom. The molecule has 0 saturated carbocycles. The second kappa shape index (κ2) is 6.36. The molecule has 0 aromatic carbocycles. The molecule has 1 atom stereocenters. The predicted molar refractivity (Wildman–Crippen MR) is 55.9 cm³/mol. The number of likely N-dealkylation sites (N-methyl/N-ethyl adjacent to an activating group) is 1. The van der Waals surface area contributed by atoms with Gasteiger partial charge < -0.3 is 10.8 Å². The van der Waals surface area contributed by atoms with Crippen LogP contribution in [-0.2, 0) is 9.59 Å². The number of primary amides is 1. The Hall–Kier alpha value is -1.14. The lowest BCUT2D eigenvalue weighted by molar-refractivity contribution is -0.151. The summed E-state index contributed by atoms with van der Waals surface area (Å²) in [5, 5.41) is 12.4. The fraction of sp³-hybridized carbons (Fsp3) is 0.778. The van der Waals surface area contributed by atoms with Crippen LogP contribution in [0.4, 0.5) is 0 Å². The quantitative estimate of drug-likeness (QED) is 0.562. The molecule has 88 valence electrons. The van der Waals surface area contributed by atoms with Crippen LogP contribution in [0, 0.1) is 0 Å². The number of hydrazine groups is 1. The highest BCUT2D eigenvalue weighted by Crippen LogP contribution is 2.08. The molecular formula is C9H19N3O3. The van der Waals surface area contributed by atoms with Crippen LogP contribution < -0.4 is 5.73 Å². The number of carbonyl (C=O) groups is 2. The topological polar surface area (TPSA) is 86.9 Å².